The Morgan fingerprint density at radius 1 is 1.00 bits per heavy atom. The summed E-state index contributed by atoms with van der Waals surface area (Å²) in [7, 11) is -3.56. The van der Waals surface area contributed by atoms with E-state index in [0.717, 1.165) is 10.8 Å². The molecule has 0 bridgehead atoms. The first-order chi connectivity index (χ1) is 12.0. The fourth-order valence-electron chi connectivity index (χ4n) is 2.63. The highest BCUT2D eigenvalue weighted by atomic mass is 35.5. The van der Waals surface area contributed by atoms with Crippen molar-refractivity contribution >= 4 is 45.6 Å². The molecule has 0 aliphatic heterocycles. The summed E-state index contributed by atoms with van der Waals surface area (Å²) < 4.78 is 27.8. The molecule has 0 saturated heterocycles. The Labute approximate surface area is 172 Å². The number of hydrogen-bond donors (Lipinski definition) is 2. The molecule has 27 heavy (non-hydrogen) atoms. The molecule has 8 heteroatoms. The molecule has 1 heterocycles. The summed E-state index contributed by atoms with van der Waals surface area (Å²) >= 11 is 0. The van der Waals surface area contributed by atoms with E-state index in [1.807, 2.05) is 37.3 Å². The SMILES string of the molecule is C[C@H](CNCc1ccccc1)NS(=O)(=O)c1ccc2cnccc2c1.Cl.Cl. The number of sulfonamides is 1. The minimum atomic E-state index is -3.56. The van der Waals surface area contributed by atoms with E-state index in [-0.39, 0.29) is 35.8 Å². The fourth-order valence-corrected chi connectivity index (χ4v) is 3.91. The van der Waals surface area contributed by atoms with Gasteiger partial charge in [0.2, 0.25) is 10.0 Å². The summed E-state index contributed by atoms with van der Waals surface area (Å²) in [5.41, 5.74) is 1.17. The van der Waals surface area contributed by atoms with Gasteiger partial charge in [-0.1, -0.05) is 36.4 Å². The summed E-state index contributed by atoms with van der Waals surface area (Å²) in [6.45, 7) is 3.10. The Hall–Kier alpha value is -1.70. The van der Waals surface area contributed by atoms with Crippen LogP contribution in [0.15, 0.2) is 71.9 Å². The van der Waals surface area contributed by atoms with Crippen LogP contribution in [0, 0.1) is 0 Å². The van der Waals surface area contributed by atoms with E-state index in [4.69, 9.17) is 0 Å². The zero-order valence-electron chi connectivity index (χ0n) is 14.8. The summed E-state index contributed by atoms with van der Waals surface area (Å²) in [6, 6.07) is 16.6. The monoisotopic (exact) mass is 427 g/mol. The van der Waals surface area contributed by atoms with Crippen molar-refractivity contribution in [2.45, 2.75) is 24.4 Å². The van der Waals surface area contributed by atoms with Gasteiger partial charge in [0.05, 0.1) is 4.90 Å². The van der Waals surface area contributed by atoms with Crippen LogP contribution in [-0.2, 0) is 16.6 Å². The Morgan fingerprint density at radius 2 is 1.74 bits per heavy atom. The molecule has 1 aromatic heterocycles. The van der Waals surface area contributed by atoms with Crippen molar-refractivity contribution < 1.29 is 8.42 Å². The van der Waals surface area contributed by atoms with Crippen LogP contribution in [0.25, 0.3) is 10.8 Å². The molecule has 2 aromatic carbocycles. The molecular weight excluding hydrogens is 405 g/mol. The third-order valence-corrected chi connectivity index (χ3v) is 5.49. The average Bonchev–Trinajstić information content (AvgIpc) is 2.62. The molecule has 5 nitrogen and oxygen atoms in total. The van der Waals surface area contributed by atoms with Crippen molar-refractivity contribution in [1.29, 1.82) is 0 Å². The van der Waals surface area contributed by atoms with E-state index in [0.29, 0.717) is 13.1 Å². The van der Waals surface area contributed by atoms with E-state index in [1.54, 1.807) is 36.7 Å². The molecule has 0 fully saturated rings. The standard InChI is InChI=1S/C19H21N3O2S.2ClH/c1-15(12-21-13-16-5-3-2-4-6-16)22-25(23,24)19-8-7-18-14-20-10-9-17(18)11-19;;/h2-11,14-15,21-22H,12-13H2,1H3;2*1H/t15-;;/m1../s1. The van der Waals surface area contributed by atoms with Crippen molar-refractivity contribution in [3.8, 4) is 0 Å². The molecular formula is C19H23Cl2N3O2S. The lowest BCUT2D eigenvalue weighted by Crippen LogP contribution is -2.39. The van der Waals surface area contributed by atoms with Gasteiger partial charge < -0.3 is 5.32 Å². The molecule has 1 atom stereocenters. The number of nitrogens with zero attached hydrogens (tertiary/aromatic N) is 1. The Balaban J connectivity index is 0.00000182. The van der Waals surface area contributed by atoms with Gasteiger partial charge in [0.1, 0.15) is 0 Å². The van der Waals surface area contributed by atoms with E-state index < -0.39 is 10.0 Å². The van der Waals surface area contributed by atoms with E-state index in [2.05, 4.69) is 15.0 Å². The number of halogens is 2. The fraction of sp³-hybridized carbons (Fsp3) is 0.211. The molecule has 3 aromatic rings. The lowest BCUT2D eigenvalue weighted by molar-refractivity contribution is 0.536. The highest BCUT2D eigenvalue weighted by Crippen LogP contribution is 2.18. The largest absolute Gasteiger partial charge is 0.311 e. The summed E-state index contributed by atoms with van der Waals surface area (Å²) in [5.74, 6) is 0. The van der Waals surface area contributed by atoms with Gasteiger partial charge in [0.25, 0.3) is 0 Å². The number of rotatable bonds is 7. The predicted octanol–water partition coefficient (Wildman–Crippen LogP) is 3.54. The van der Waals surface area contributed by atoms with E-state index in [1.165, 1.54) is 5.56 Å². The first-order valence-electron chi connectivity index (χ1n) is 8.15. The molecule has 0 saturated carbocycles. The summed E-state index contributed by atoms with van der Waals surface area (Å²) in [5, 5.41) is 5.04. The predicted molar refractivity (Wildman–Crippen MR) is 114 cm³/mol. The van der Waals surface area contributed by atoms with Gasteiger partial charge in [-0.25, -0.2) is 13.1 Å². The summed E-state index contributed by atoms with van der Waals surface area (Å²) in [6.07, 6.45) is 3.37. The number of nitrogens with one attached hydrogen (secondary N) is 2. The Kier molecular flexibility index (Phi) is 9.15. The first kappa shape index (κ1) is 23.3. The van der Waals surface area contributed by atoms with Crippen LogP contribution in [0.3, 0.4) is 0 Å². The zero-order valence-corrected chi connectivity index (χ0v) is 17.3. The second-order valence-electron chi connectivity index (χ2n) is 6.02. The van der Waals surface area contributed by atoms with Gasteiger partial charge >= 0.3 is 0 Å². The van der Waals surface area contributed by atoms with Crippen LogP contribution in [0.2, 0.25) is 0 Å². The van der Waals surface area contributed by atoms with Crippen molar-refractivity contribution in [3.05, 3.63) is 72.6 Å². The minimum Gasteiger partial charge on any atom is -0.311 e. The Morgan fingerprint density at radius 3 is 2.48 bits per heavy atom. The molecule has 3 rings (SSSR count). The maximum atomic E-state index is 12.6. The smallest absolute Gasteiger partial charge is 0.240 e. The second-order valence-corrected chi connectivity index (χ2v) is 7.74. The van der Waals surface area contributed by atoms with Crippen LogP contribution < -0.4 is 10.0 Å². The van der Waals surface area contributed by atoms with Crippen LogP contribution >= 0.6 is 24.8 Å². The highest BCUT2D eigenvalue weighted by molar-refractivity contribution is 7.89. The molecule has 0 amide bonds. The van der Waals surface area contributed by atoms with Gasteiger partial charge in [-0.3, -0.25) is 4.98 Å². The van der Waals surface area contributed by atoms with Gasteiger partial charge in [-0.05, 0) is 36.1 Å². The van der Waals surface area contributed by atoms with Crippen LogP contribution in [0.4, 0.5) is 0 Å². The molecule has 0 aliphatic carbocycles. The zero-order chi connectivity index (χ0) is 17.7. The maximum absolute atomic E-state index is 12.6. The second kappa shape index (κ2) is 10.6. The van der Waals surface area contributed by atoms with Gasteiger partial charge in [-0.15, -0.1) is 24.8 Å². The van der Waals surface area contributed by atoms with Crippen LogP contribution in [0.1, 0.15) is 12.5 Å². The number of hydrogen-bond acceptors (Lipinski definition) is 4. The van der Waals surface area contributed by atoms with Crippen LogP contribution in [0.5, 0.6) is 0 Å². The lowest BCUT2D eigenvalue weighted by atomic mass is 10.2. The van der Waals surface area contributed by atoms with Gasteiger partial charge in [0, 0.05) is 36.9 Å². The van der Waals surface area contributed by atoms with Crippen molar-refractivity contribution in [2.75, 3.05) is 6.54 Å². The first-order valence-corrected chi connectivity index (χ1v) is 9.64. The summed E-state index contributed by atoms with van der Waals surface area (Å²) in [4.78, 5) is 4.30. The molecule has 0 unspecified atom stereocenters. The number of fused-ring (bicyclic) bond motifs is 1. The van der Waals surface area contributed by atoms with Crippen molar-refractivity contribution in [2.24, 2.45) is 0 Å². The quantitative estimate of drug-likeness (QED) is 0.604. The lowest BCUT2D eigenvalue weighted by Gasteiger charge is -2.15. The van der Waals surface area contributed by atoms with Crippen molar-refractivity contribution in [3.63, 3.8) is 0 Å². The van der Waals surface area contributed by atoms with Gasteiger partial charge in [0.15, 0.2) is 0 Å². The van der Waals surface area contributed by atoms with E-state index >= 15 is 0 Å². The maximum Gasteiger partial charge on any atom is 0.240 e. The topological polar surface area (TPSA) is 71.1 Å². The number of pyridine rings is 1. The van der Waals surface area contributed by atoms with Crippen molar-refractivity contribution in [1.82, 2.24) is 15.0 Å². The third-order valence-electron chi connectivity index (χ3n) is 3.90. The van der Waals surface area contributed by atoms with Gasteiger partial charge in [-0.2, -0.15) is 0 Å². The van der Waals surface area contributed by atoms with E-state index in [9.17, 15) is 8.42 Å². The average molecular weight is 428 g/mol. The third kappa shape index (κ3) is 6.45. The molecule has 0 spiro atoms. The molecule has 2 N–H and O–H groups in total. The molecule has 0 radical (unpaired) electrons. The van der Waals surface area contributed by atoms with Crippen LogP contribution in [-0.4, -0.2) is 26.0 Å². The molecule has 0 aliphatic rings. The normalized spacial score (nSPS) is 12.0. The Bertz CT molecular complexity index is 953. The number of aromatic nitrogens is 1. The molecule has 146 valence electrons. The minimum absolute atomic E-state index is 0. The highest BCUT2D eigenvalue weighted by Gasteiger charge is 2.17. The number of benzene rings is 2.